The lowest BCUT2D eigenvalue weighted by Crippen LogP contribution is -2.58. The highest BCUT2D eigenvalue weighted by atomic mass is 16.4. The fourth-order valence-corrected chi connectivity index (χ4v) is 1.31. The Morgan fingerprint density at radius 2 is 1.29 bits per heavy atom. The summed E-state index contributed by atoms with van der Waals surface area (Å²) in [6.45, 7) is -4.03. The van der Waals surface area contributed by atoms with E-state index in [1.807, 2.05) is 0 Å². The molecule has 0 amide bonds. The van der Waals surface area contributed by atoms with Crippen molar-refractivity contribution in [3.05, 3.63) is 0 Å². The Morgan fingerprint density at radius 1 is 0.875 bits per heavy atom. The van der Waals surface area contributed by atoms with Crippen LogP contribution in [0.25, 0.3) is 0 Å². The van der Waals surface area contributed by atoms with Crippen molar-refractivity contribution in [3.8, 4) is 0 Å². The maximum Gasteiger partial charge on any atom is 0.329 e. The molecule has 0 rings (SSSR count). The minimum Gasteiger partial charge on any atom is -0.480 e. The van der Waals surface area contributed by atoms with E-state index in [4.69, 9.17) is 40.9 Å². The monoisotopic (exact) mass is 358 g/mol. The van der Waals surface area contributed by atoms with Crippen LogP contribution in [0.4, 0.5) is 0 Å². The highest BCUT2D eigenvalue weighted by Gasteiger charge is 2.41. The zero-order valence-corrected chi connectivity index (χ0v) is 13.3. The Hall–Kier alpha value is -1.38. The first-order valence-electron chi connectivity index (χ1n) is 6.71. The molecule has 144 valence electrons. The first-order chi connectivity index (χ1) is 11.1. The fourth-order valence-electron chi connectivity index (χ4n) is 1.31. The van der Waals surface area contributed by atoms with Gasteiger partial charge >= 0.3 is 11.9 Å². The van der Waals surface area contributed by atoms with Crippen LogP contribution in [0.5, 0.6) is 0 Å². The molecule has 0 aromatic heterocycles. The molecule has 0 unspecified atom stereocenters. The predicted octanol–water partition coefficient (Wildman–Crippen LogP) is -4.95. The smallest absolute Gasteiger partial charge is 0.329 e. The summed E-state index contributed by atoms with van der Waals surface area (Å²) < 4.78 is 0. The Kier molecular flexibility index (Phi) is 12.5. The van der Waals surface area contributed by atoms with Gasteiger partial charge in [-0.3, -0.25) is 19.8 Å². The highest BCUT2D eigenvalue weighted by Crippen LogP contribution is 2.11. The van der Waals surface area contributed by atoms with Gasteiger partial charge in [0.05, 0.1) is 51.8 Å². The number of nitrogens with zero attached hydrogens (tertiary/aromatic N) is 1. The lowest BCUT2D eigenvalue weighted by molar-refractivity contribution is -0.160. The van der Waals surface area contributed by atoms with Crippen molar-refractivity contribution in [2.75, 3.05) is 53.4 Å². The maximum atomic E-state index is 10.6. The molecule has 0 bridgehead atoms. The van der Waals surface area contributed by atoms with Crippen LogP contribution in [0.3, 0.4) is 0 Å². The molecule has 0 saturated heterocycles. The molecule has 12 nitrogen and oxygen atoms in total. The number of aliphatic hydroxyl groups is 6. The summed E-state index contributed by atoms with van der Waals surface area (Å²) in [5, 5.41) is 71.5. The van der Waals surface area contributed by atoms with Crippen LogP contribution in [0.15, 0.2) is 0 Å². The summed E-state index contributed by atoms with van der Waals surface area (Å²) in [6, 6.07) is 0. The number of rotatable bonds is 11. The van der Waals surface area contributed by atoms with Crippen LogP contribution in [0.1, 0.15) is 0 Å². The summed E-state index contributed by atoms with van der Waals surface area (Å²) in [7, 11) is 1.29. The Morgan fingerprint density at radius 3 is 1.46 bits per heavy atom. The quantitative estimate of drug-likeness (QED) is 0.159. The second-order valence-electron chi connectivity index (χ2n) is 4.99. The van der Waals surface area contributed by atoms with Gasteiger partial charge in [-0.1, -0.05) is 0 Å². The van der Waals surface area contributed by atoms with E-state index in [-0.39, 0.29) is 0 Å². The van der Waals surface area contributed by atoms with Crippen LogP contribution in [0, 0.1) is 0 Å². The molecule has 0 aliphatic carbocycles. The number of carboxylic acids is 2. The molecule has 0 radical (unpaired) electrons. The summed E-state index contributed by atoms with van der Waals surface area (Å²) >= 11 is 0. The zero-order valence-electron chi connectivity index (χ0n) is 13.3. The van der Waals surface area contributed by atoms with Crippen molar-refractivity contribution in [2.45, 2.75) is 11.1 Å². The van der Waals surface area contributed by atoms with Gasteiger partial charge in [0.15, 0.2) is 5.54 Å². The number of aliphatic carboxylic acids is 2. The number of nitrogens with one attached hydrogen (secondary N) is 1. The molecular weight excluding hydrogens is 332 g/mol. The summed E-state index contributed by atoms with van der Waals surface area (Å²) in [5.74, 6) is -2.49. The Bertz CT molecular complexity index is 363. The van der Waals surface area contributed by atoms with Gasteiger partial charge in [0, 0.05) is 0 Å². The normalized spacial score (nSPS) is 11.8. The molecule has 0 aromatic carbocycles. The molecule has 0 atom stereocenters. The van der Waals surface area contributed by atoms with E-state index in [2.05, 4.69) is 5.32 Å². The topological polar surface area (TPSA) is 211 Å². The van der Waals surface area contributed by atoms with E-state index < -0.39 is 69.3 Å². The zero-order chi connectivity index (χ0) is 19.4. The van der Waals surface area contributed by atoms with Crippen LogP contribution >= 0.6 is 0 Å². The fraction of sp³-hybridized carbons (Fsp3) is 0.833. The molecular formula is C12H26N2O10. The van der Waals surface area contributed by atoms with Crippen LogP contribution < -0.4 is 5.32 Å². The van der Waals surface area contributed by atoms with Crippen LogP contribution in [-0.2, 0) is 9.59 Å². The van der Waals surface area contributed by atoms with Gasteiger partial charge < -0.3 is 40.9 Å². The molecule has 0 saturated carbocycles. The van der Waals surface area contributed by atoms with Crippen molar-refractivity contribution >= 4 is 11.9 Å². The first kappa shape index (κ1) is 24.9. The summed E-state index contributed by atoms with van der Waals surface area (Å²) in [6.07, 6.45) is 0. The van der Waals surface area contributed by atoms with Crippen LogP contribution in [0.2, 0.25) is 0 Å². The largest absolute Gasteiger partial charge is 0.480 e. The molecule has 0 spiro atoms. The third-order valence-electron chi connectivity index (χ3n) is 3.39. The van der Waals surface area contributed by atoms with Crippen molar-refractivity contribution in [2.24, 2.45) is 0 Å². The first-order valence-corrected chi connectivity index (χ1v) is 6.71. The third-order valence-corrected chi connectivity index (χ3v) is 3.39. The van der Waals surface area contributed by atoms with Gasteiger partial charge in [-0.15, -0.1) is 0 Å². The van der Waals surface area contributed by atoms with Crippen molar-refractivity contribution in [1.82, 2.24) is 10.2 Å². The Balaban J connectivity index is 0. The van der Waals surface area contributed by atoms with E-state index in [0.29, 0.717) is 0 Å². The standard InChI is InChI=1S/2C6H13NO5/c1-7(4-10)6(2-8,3-9)5(11)12;8-2-6(3-9,4-10)7-1-5(11)12/h8-10H,2-4H2,1H3,(H,11,12);7-10H,1-4H2,(H,11,12). The number of hydrogen-bond acceptors (Lipinski definition) is 10. The number of carboxylic acid groups (broad SMARTS) is 2. The predicted molar refractivity (Wildman–Crippen MR) is 79.0 cm³/mol. The number of carbonyl (C=O) groups is 2. The lowest BCUT2D eigenvalue weighted by Gasteiger charge is -2.33. The van der Waals surface area contributed by atoms with E-state index >= 15 is 0 Å². The van der Waals surface area contributed by atoms with Gasteiger partial charge in [0.1, 0.15) is 0 Å². The van der Waals surface area contributed by atoms with Gasteiger partial charge in [0.2, 0.25) is 0 Å². The second kappa shape index (κ2) is 12.0. The number of aliphatic hydroxyl groups excluding tert-OH is 6. The summed E-state index contributed by atoms with van der Waals surface area (Å²) in [5.41, 5.74) is -3.10. The van der Waals surface area contributed by atoms with Gasteiger partial charge in [-0.25, -0.2) is 0 Å². The molecule has 12 heteroatoms. The van der Waals surface area contributed by atoms with Gasteiger partial charge in [-0.05, 0) is 7.05 Å². The maximum absolute atomic E-state index is 10.6. The van der Waals surface area contributed by atoms with E-state index in [0.717, 1.165) is 4.90 Å². The number of hydrogen-bond donors (Lipinski definition) is 9. The van der Waals surface area contributed by atoms with Crippen molar-refractivity contribution < 1.29 is 50.4 Å². The molecule has 0 heterocycles. The van der Waals surface area contributed by atoms with Crippen molar-refractivity contribution in [1.29, 1.82) is 0 Å². The molecule has 9 N–H and O–H groups in total. The second-order valence-corrected chi connectivity index (χ2v) is 4.99. The minimum absolute atomic E-state index is 0.415. The van der Waals surface area contributed by atoms with Crippen LogP contribution in [-0.4, -0.2) is 122 Å². The Labute approximate surface area is 138 Å². The molecule has 0 fully saturated rings. The third kappa shape index (κ3) is 7.02. The molecule has 0 aromatic rings. The SMILES string of the molecule is CN(CO)C(CO)(CO)C(=O)O.O=C(O)CNC(CO)(CO)CO. The molecule has 24 heavy (non-hydrogen) atoms. The lowest BCUT2D eigenvalue weighted by atomic mass is 10.0. The van der Waals surface area contributed by atoms with Gasteiger partial charge in [-0.2, -0.15) is 0 Å². The molecule has 0 aliphatic heterocycles. The van der Waals surface area contributed by atoms with E-state index in [1.165, 1.54) is 7.05 Å². The average molecular weight is 358 g/mol. The van der Waals surface area contributed by atoms with E-state index in [9.17, 15) is 9.59 Å². The number of likely N-dealkylation sites (N-methyl/N-ethyl adjacent to an activating group) is 1. The highest BCUT2D eigenvalue weighted by molar-refractivity contribution is 5.79. The molecule has 0 aliphatic rings. The average Bonchev–Trinajstić information content (AvgIpc) is 2.58. The summed E-state index contributed by atoms with van der Waals surface area (Å²) in [4.78, 5) is 21.7. The van der Waals surface area contributed by atoms with Crippen molar-refractivity contribution in [3.63, 3.8) is 0 Å². The van der Waals surface area contributed by atoms with Gasteiger partial charge in [0.25, 0.3) is 0 Å². The minimum atomic E-state index is -1.80. The van der Waals surface area contributed by atoms with E-state index in [1.54, 1.807) is 0 Å².